The van der Waals surface area contributed by atoms with Crippen LogP contribution in [0.15, 0.2) is 72.9 Å². The van der Waals surface area contributed by atoms with E-state index in [2.05, 4.69) is 28.5 Å². The molecule has 0 radical (unpaired) electrons. The first-order valence-corrected chi connectivity index (χ1v) is 7.93. The Morgan fingerprint density at radius 3 is 2.50 bits per heavy atom. The molecule has 0 aliphatic rings. The van der Waals surface area contributed by atoms with Crippen LogP contribution < -0.4 is 11.1 Å². The Labute approximate surface area is 144 Å². The molecule has 3 N–H and O–H groups in total. The van der Waals surface area contributed by atoms with Crippen LogP contribution >= 0.6 is 11.6 Å². The van der Waals surface area contributed by atoms with Gasteiger partial charge in [0, 0.05) is 28.0 Å². The molecule has 4 rings (SSSR count). The summed E-state index contributed by atoms with van der Waals surface area (Å²) in [5.41, 5.74) is 8.88. The van der Waals surface area contributed by atoms with Crippen LogP contribution in [0.25, 0.3) is 16.7 Å². The van der Waals surface area contributed by atoms with E-state index in [1.807, 2.05) is 53.2 Å². The van der Waals surface area contributed by atoms with Gasteiger partial charge in [-0.15, -0.1) is 0 Å². The van der Waals surface area contributed by atoms with E-state index in [9.17, 15) is 0 Å². The number of hydrogen-bond acceptors (Lipinski definition) is 3. The topological polar surface area (TPSA) is 55.9 Å². The minimum atomic E-state index is 0.510. The molecule has 5 heteroatoms. The van der Waals surface area contributed by atoms with E-state index in [-0.39, 0.29) is 0 Å². The molecule has 2 aromatic heterocycles. The number of nitrogens with zero attached hydrogens (tertiary/aromatic N) is 2. The van der Waals surface area contributed by atoms with E-state index in [0.717, 1.165) is 33.1 Å². The number of halogens is 1. The van der Waals surface area contributed by atoms with Gasteiger partial charge in [0.1, 0.15) is 11.6 Å². The normalized spacial score (nSPS) is 10.9. The molecule has 118 valence electrons. The molecule has 0 saturated carbocycles. The molecule has 0 atom stereocenters. The summed E-state index contributed by atoms with van der Waals surface area (Å²) in [6.45, 7) is 0. The number of pyridine rings is 1. The van der Waals surface area contributed by atoms with Gasteiger partial charge in [0.05, 0.1) is 5.52 Å². The number of anilines is 3. The summed E-state index contributed by atoms with van der Waals surface area (Å²) in [5, 5.41) is 5.23. The van der Waals surface area contributed by atoms with Gasteiger partial charge in [0.15, 0.2) is 0 Å². The van der Waals surface area contributed by atoms with E-state index >= 15 is 0 Å². The maximum absolute atomic E-state index is 5.92. The molecule has 4 aromatic rings. The highest BCUT2D eigenvalue weighted by Gasteiger charge is 2.06. The number of nitrogens with two attached hydrogens (primary N) is 1. The Morgan fingerprint density at radius 2 is 1.71 bits per heavy atom. The fourth-order valence-electron chi connectivity index (χ4n) is 2.69. The van der Waals surface area contributed by atoms with Gasteiger partial charge in [-0.25, -0.2) is 4.98 Å². The van der Waals surface area contributed by atoms with Gasteiger partial charge in [-0.05, 0) is 60.7 Å². The molecule has 0 spiro atoms. The average molecular weight is 335 g/mol. The molecule has 0 bridgehead atoms. The average Bonchev–Trinajstić information content (AvgIpc) is 3.00. The van der Waals surface area contributed by atoms with Gasteiger partial charge in [-0.1, -0.05) is 17.7 Å². The van der Waals surface area contributed by atoms with Crippen molar-refractivity contribution in [1.82, 2.24) is 9.55 Å². The Hall–Kier alpha value is -2.98. The molecule has 0 aliphatic carbocycles. The SMILES string of the molecule is Nc1cccc(-n2ccc3cc(Nc4ccc(Cl)cc4)ccc32)n1. The second kappa shape index (κ2) is 5.91. The highest BCUT2D eigenvalue weighted by Crippen LogP contribution is 2.25. The van der Waals surface area contributed by atoms with Crippen LogP contribution in [-0.2, 0) is 0 Å². The molecular formula is C19H15ClN4. The molecule has 2 aromatic carbocycles. The first-order chi connectivity index (χ1) is 11.7. The number of benzene rings is 2. The number of nitrogen functional groups attached to an aromatic ring is 1. The predicted molar refractivity (Wildman–Crippen MR) is 100 cm³/mol. The third-order valence-electron chi connectivity index (χ3n) is 3.83. The zero-order chi connectivity index (χ0) is 16.5. The van der Waals surface area contributed by atoms with Crippen LogP contribution in [0.2, 0.25) is 5.02 Å². The van der Waals surface area contributed by atoms with Crippen molar-refractivity contribution in [2.45, 2.75) is 0 Å². The minimum Gasteiger partial charge on any atom is -0.384 e. The summed E-state index contributed by atoms with van der Waals surface area (Å²) in [6, 6.07) is 21.5. The van der Waals surface area contributed by atoms with Crippen LogP contribution in [0.3, 0.4) is 0 Å². The van der Waals surface area contributed by atoms with Crippen molar-refractivity contribution in [1.29, 1.82) is 0 Å². The fraction of sp³-hybridized carbons (Fsp3) is 0. The van der Waals surface area contributed by atoms with Gasteiger partial charge in [-0.2, -0.15) is 0 Å². The third kappa shape index (κ3) is 2.79. The maximum atomic E-state index is 5.92. The smallest absolute Gasteiger partial charge is 0.139 e. The first-order valence-electron chi connectivity index (χ1n) is 7.56. The summed E-state index contributed by atoms with van der Waals surface area (Å²) in [5.74, 6) is 1.32. The number of hydrogen-bond donors (Lipinski definition) is 2. The third-order valence-corrected chi connectivity index (χ3v) is 4.08. The molecule has 0 aliphatic heterocycles. The van der Waals surface area contributed by atoms with Gasteiger partial charge < -0.3 is 15.6 Å². The zero-order valence-electron chi connectivity index (χ0n) is 12.8. The molecular weight excluding hydrogens is 320 g/mol. The minimum absolute atomic E-state index is 0.510. The van der Waals surface area contributed by atoms with Gasteiger partial charge >= 0.3 is 0 Å². The second-order valence-electron chi connectivity index (χ2n) is 5.51. The molecule has 0 saturated heterocycles. The predicted octanol–water partition coefficient (Wildman–Crippen LogP) is 5.00. The van der Waals surface area contributed by atoms with Crippen molar-refractivity contribution in [2.75, 3.05) is 11.1 Å². The Kier molecular flexibility index (Phi) is 3.59. The number of fused-ring (bicyclic) bond motifs is 1. The Bertz CT molecular complexity index is 1010. The lowest BCUT2D eigenvalue weighted by atomic mass is 10.2. The van der Waals surface area contributed by atoms with Crippen LogP contribution in [0.5, 0.6) is 0 Å². The van der Waals surface area contributed by atoms with Crippen molar-refractivity contribution in [2.24, 2.45) is 0 Å². The van der Waals surface area contributed by atoms with Crippen molar-refractivity contribution in [3.63, 3.8) is 0 Å². The van der Waals surface area contributed by atoms with Crippen molar-refractivity contribution in [3.8, 4) is 5.82 Å². The lowest BCUT2D eigenvalue weighted by Crippen LogP contribution is -1.98. The van der Waals surface area contributed by atoms with E-state index in [1.165, 1.54) is 0 Å². The number of rotatable bonds is 3. The van der Waals surface area contributed by atoms with Crippen LogP contribution in [0, 0.1) is 0 Å². The van der Waals surface area contributed by atoms with Crippen LogP contribution in [-0.4, -0.2) is 9.55 Å². The highest BCUT2D eigenvalue weighted by atomic mass is 35.5. The quantitative estimate of drug-likeness (QED) is 0.554. The van der Waals surface area contributed by atoms with E-state index in [1.54, 1.807) is 6.07 Å². The Morgan fingerprint density at radius 1 is 0.917 bits per heavy atom. The van der Waals surface area contributed by atoms with E-state index < -0.39 is 0 Å². The summed E-state index contributed by atoms with van der Waals surface area (Å²) < 4.78 is 2.03. The van der Waals surface area contributed by atoms with E-state index in [4.69, 9.17) is 17.3 Å². The van der Waals surface area contributed by atoms with E-state index in [0.29, 0.717) is 5.82 Å². The summed E-state index contributed by atoms with van der Waals surface area (Å²) in [4.78, 5) is 4.38. The fourth-order valence-corrected chi connectivity index (χ4v) is 2.82. The van der Waals surface area contributed by atoms with Gasteiger partial charge in [-0.3, -0.25) is 0 Å². The molecule has 0 amide bonds. The van der Waals surface area contributed by atoms with Crippen LogP contribution in [0.1, 0.15) is 0 Å². The van der Waals surface area contributed by atoms with Crippen LogP contribution in [0.4, 0.5) is 17.2 Å². The first kappa shape index (κ1) is 14.6. The van der Waals surface area contributed by atoms with Gasteiger partial charge in [0.25, 0.3) is 0 Å². The van der Waals surface area contributed by atoms with Crippen molar-refractivity contribution in [3.05, 3.63) is 77.9 Å². The highest BCUT2D eigenvalue weighted by molar-refractivity contribution is 6.30. The lowest BCUT2D eigenvalue weighted by molar-refractivity contribution is 1.05. The molecule has 0 unspecified atom stereocenters. The zero-order valence-corrected chi connectivity index (χ0v) is 13.5. The van der Waals surface area contributed by atoms with Crippen molar-refractivity contribution >= 4 is 39.7 Å². The number of nitrogens with one attached hydrogen (secondary N) is 1. The monoisotopic (exact) mass is 334 g/mol. The maximum Gasteiger partial charge on any atom is 0.139 e. The standard InChI is InChI=1S/C19H15ClN4/c20-14-4-6-15(7-5-14)22-16-8-9-17-13(12-16)10-11-24(17)19-3-1-2-18(21)23-19/h1-12,22H,(H2,21,23). The summed E-state index contributed by atoms with van der Waals surface area (Å²) in [6.07, 6.45) is 2.00. The summed E-state index contributed by atoms with van der Waals surface area (Å²) in [7, 11) is 0. The molecule has 0 fully saturated rings. The number of aromatic nitrogens is 2. The van der Waals surface area contributed by atoms with Gasteiger partial charge in [0.2, 0.25) is 0 Å². The molecule has 2 heterocycles. The lowest BCUT2D eigenvalue weighted by Gasteiger charge is -2.08. The van der Waals surface area contributed by atoms with Crippen molar-refractivity contribution < 1.29 is 0 Å². The largest absolute Gasteiger partial charge is 0.384 e. The Balaban J connectivity index is 1.69. The molecule has 4 nitrogen and oxygen atoms in total. The second-order valence-corrected chi connectivity index (χ2v) is 5.95. The summed E-state index contributed by atoms with van der Waals surface area (Å²) >= 11 is 5.92. The molecule has 24 heavy (non-hydrogen) atoms.